The Balaban J connectivity index is 2.44. The van der Waals surface area contributed by atoms with E-state index in [0.717, 1.165) is 34.3 Å². The molecule has 2 aromatic rings. The summed E-state index contributed by atoms with van der Waals surface area (Å²) in [5.41, 5.74) is 8.69. The average Bonchev–Trinajstić information content (AvgIpc) is 2.33. The highest BCUT2D eigenvalue weighted by Crippen LogP contribution is 2.28. The zero-order valence-electron chi connectivity index (χ0n) is 10.8. The number of rotatable bonds is 4. The van der Waals surface area contributed by atoms with Crippen molar-refractivity contribution < 1.29 is 5.11 Å². The minimum atomic E-state index is 0.182. The molecule has 0 bridgehead atoms. The zero-order valence-corrected chi connectivity index (χ0v) is 10.8. The minimum absolute atomic E-state index is 0.182. The molecule has 0 aliphatic heterocycles. The molecule has 4 nitrogen and oxygen atoms in total. The molecule has 0 aliphatic rings. The molecule has 4 heteroatoms. The van der Waals surface area contributed by atoms with Crippen LogP contribution < -0.4 is 11.1 Å². The summed E-state index contributed by atoms with van der Waals surface area (Å²) < 4.78 is 0. The van der Waals surface area contributed by atoms with E-state index in [1.165, 1.54) is 0 Å². The Morgan fingerprint density at radius 1 is 1.39 bits per heavy atom. The summed E-state index contributed by atoms with van der Waals surface area (Å²) in [5.74, 6) is 0. The van der Waals surface area contributed by atoms with Crippen LogP contribution in [-0.2, 0) is 0 Å². The first-order valence-corrected chi connectivity index (χ1v) is 6.14. The van der Waals surface area contributed by atoms with Gasteiger partial charge in [-0.05, 0) is 38.5 Å². The molecule has 0 fully saturated rings. The summed E-state index contributed by atoms with van der Waals surface area (Å²) in [6.07, 6.45) is 2.53. The smallest absolute Gasteiger partial charge is 0.0450 e. The Morgan fingerprint density at radius 3 is 2.89 bits per heavy atom. The first-order chi connectivity index (χ1) is 8.61. The summed E-state index contributed by atoms with van der Waals surface area (Å²) in [6.45, 7) is 4.19. The fourth-order valence-corrected chi connectivity index (χ4v) is 2.02. The molecule has 0 aliphatic carbocycles. The second-order valence-electron chi connectivity index (χ2n) is 4.63. The number of hydrogen-bond donors (Lipinski definition) is 3. The number of aryl methyl sites for hydroxylation is 1. The molecular weight excluding hydrogens is 226 g/mol. The lowest BCUT2D eigenvalue weighted by atomic mass is 10.1. The predicted octanol–water partition coefficient (Wildman–Crippen LogP) is 2.31. The van der Waals surface area contributed by atoms with Gasteiger partial charge in [-0.15, -0.1) is 0 Å². The van der Waals surface area contributed by atoms with Crippen LogP contribution in [0.5, 0.6) is 0 Å². The summed E-state index contributed by atoms with van der Waals surface area (Å²) in [6, 6.07) is 6.10. The molecule has 0 saturated heterocycles. The Morgan fingerprint density at radius 2 is 2.17 bits per heavy atom. The van der Waals surface area contributed by atoms with Crippen molar-refractivity contribution in [3.63, 3.8) is 0 Å². The minimum Gasteiger partial charge on any atom is -0.398 e. The second kappa shape index (κ2) is 5.23. The van der Waals surface area contributed by atoms with E-state index in [9.17, 15) is 0 Å². The number of hydrogen-bond acceptors (Lipinski definition) is 4. The van der Waals surface area contributed by atoms with Crippen molar-refractivity contribution >= 4 is 22.1 Å². The molecule has 2 rings (SSSR count). The van der Waals surface area contributed by atoms with Gasteiger partial charge in [-0.3, -0.25) is 4.98 Å². The van der Waals surface area contributed by atoms with Crippen molar-refractivity contribution in [1.29, 1.82) is 0 Å². The standard InChI is InChI=1S/C14H19N3O/c1-9(5-6-18)17-14-4-3-13(15)12-8-16-10(2)7-11(12)14/h3-4,7-9,17-18H,5-6,15H2,1-2H3. The van der Waals surface area contributed by atoms with Gasteiger partial charge in [0.1, 0.15) is 0 Å². The van der Waals surface area contributed by atoms with Crippen LogP contribution in [0.1, 0.15) is 19.0 Å². The van der Waals surface area contributed by atoms with Gasteiger partial charge >= 0.3 is 0 Å². The van der Waals surface area contributed by atoms with Crippen LogP contribution in [-0.4, -0.2) is 22.7 Å². The number of anilines is 2. The van der Waals surface area contributed by atoms with Gasteiger partial charge < -0.3 is 16.2 Å². The van der Waals surface area contributed by atoms with E-state index in [4.69, 9.17) is 10.8 Å². The van der Waals surface area contributed by atoms with Gasteiger partial charge in [-0.2, -0.15) is 0 Å². The Kier molecular flexibility index (Phi) is 3.67. The third kappa shape index (κ3) is 2.54. The topological polar surface area (TPSA) is 71.2 Å². The van der Waals surface area contributed by atoms with Crippen LogP contribution in [0.4, 0.5) is 11.4 Å². The van der Waals surface area contributed by atoms with Crippen molar-refractivity contribution in [1.82, 2.24) is 4.98 Å². The number of nitrogen functional groups attached to an aromatic ring is 1. The highest BCUT2D eigenvalue weighted by atomic mass is 16.3. The monoisotopic (exact) mass is 245 g/mol. The van der Waals surface area contributed by atoms with E-state index in [-0.39, 0.29) is 12.6 Å². The Bertz CT molecular complexity index is 554. The summed E-state index contributed by atoms with van der Waals surface area (Å²) in [5, 5.41) is 14.4. The lowest BCUT2D eigenvalue weighted by Crippen LogP contribution is -2.16. The van der Waals surface area contributed by atoms with Gasteiger partial charge in [-0.1, -0.05) is 0 Å². The maximum atomic E-state index is 8.95. The first kappa shape index (κ1) is 12.6. The van der Waals surface area contributed by atoms with Crippen LogP contribution in [0.3, 0.4) is 0 Å². The maximum absolute atomic E-state index is 8.95. The third-order valence-electron chi connectivity index (χ3n) is 3.04. The normalized spacial score (nSPS) is 12.6. The lowest BCUT2D eigenvalue weighted by Gasteiger charge is -2.16. The molecule has 0 amide bonds. The van der Waals surface area contributed by atoms with Crippen molar-refractivity contribution in [2.75, 3.05) is 17.7 Å². The lowest BCUT2D eigenvalue weighted by molar-refractivity contribution is 0.282. The van der Waals surface area contributed by atoms with E-state index >= 15 is 0 Å². The number of nitrogens with two attached hydrogens (primary N) is 1. The van der Waals surface area contributed by atoms with Gasteiger partial charge in [0.25, 0.3) is 0 Å². The van der Waals surface area contributed by atoms with Gasteiger partial charge in [-0.25, -0.2) is 0 Å². The third-order valence-corrected chi connectivity index (χ3v) is 3.04. The van der Waals surface area contributed by atoms with Crippen LogP contribution >= 0.6 is 0 Å². The summed E-state index contributed by atoms with van der Waals surface area (Å²) in [4.78, 5) is 4.28. The maximum Gasteiger partial charge on any atom is 0.0450 e. The molecule has 1 heterocycles. The largest absolute Gasteiger partial charge is 0.398 e. The van der Waals surface area contributed by atoms with Gasteiger partial charge in [0.05, 0.1) is 0 Å². The van der Waals surface area contributed by atoms with E-state index in [1.807, 2.05) is 38.2 Å². The molecule has 1 unspecified atom stereocenters. The summed E-state index contributed by atoms with van der Waals surface area (Å²) >= 11 is 0. The number of aliphatic hydroxyl groups excluding tert-OH is 1. The zero-order chi connectivity index (χ0) is 13.1. The molecule has 1 aromatic heterocycles. The number of fused-ring (bicyclic) bond motifs is 1. The van der Waals surface area contributed by atoms with Crippen LogP contribution in [0.15, 0.2) is 24.4 Å². The Labute approximate surface area is 107 Å². The van der Waals surface area contributed by atoms with Crippen molar-refractivity contribution in [2.24, 2.45) is 0 Å². The van der Waals surface area contributed by atoms with E-state index < -0.39 is 0 Å². The van der Waals surface area contributed by atoms with Gasteiger partial charge in [0, 0.05) is 46.7 Å². The molecule has 96 valence electrons. The van der Waals surface area contributed by atoms with Gasteiger partial charge in [0.15, 0.2) is 0 Å². The van der Waals surface area contributed by atoms with E-state index in [2.05, 4.69) is 10.3 Å². The molecule has 1 atom stereocenters. The fraction of sp³-hybridized carbons (Fsp3) is 0.357. The SMILES string of the molecule is Cc1cc2c(NC(C)CCO)ccc(N)c2cn1. The number of benzene rings is 1. The molecule has 1 aromatic carbocycles. The average molecular weight is 245 g/mol. The predicted molar refractivity (Wildman–Crippen MR) is 75.7 cm³/mol. The van der Waals surface area contributed by atoms with Crippen molar-refractivity contribution in [2.45, 2.75) is 26.3 Å². The van der Waals surface area contributed by atoms with E-state index in [1.54, 1.807) is 0 Å². The Hall–Kier alpha value is -1.81. The molecule has 0 spiro atoms. The van der Waals surface area contributed by atoms with Gasteiger partial charge in [0.2, 0.25) is 0 Å². The van der Waals surface area contributed by atoms with E-state index in [0.29, 0.717) is 0 Å². The summed E-state index contributed by atoms with van der Waals surface area (Å²) in [7, 11) is 0. The number of aliphatic hydroxyl groups is 1. The quantitative estimate of drug-likeness (QED) is 0.723. The number of nitrogens with one attached hydrogen (secondary N) is 1. The van der Waals surface area contributed by atoms with Crippen molar-refractivity contribution in [3.05, 3.63) is 30.1 Å². The number of nitrogens with zero attached hydrogens (tertiary/aromatic N) is 1. The fourth-order valence-electron chi connectivity index (χ4n) is 2.02. The highest BCUT2D eigenvalue weighted by molar-refractivity contribution is 6.00. The number of aromatic nitrogens is 1. The molecule has 0 saturated carbocycles. The van der Waals surface area contributed by atoms with Crippen LogP contribution in [0, 0.1) is 6.92 Å². The van der Waals surface area contributed by atoms with Crippen LogP contribution in [0.25, 0.3) is 10.8 Å². The highest BCUT2D eigenvalue weighted by Gasteiger charge is 2.07. The molecule has 4 N–H and O–H groups in total. The number of pyridine rings is 1. The van der Waals surface area contributed by atoms with Crippen molar-refractivity contribution in [3.8, 4) is 0 Å². The molecular formula is C14H19N3O. The molecule has 0 radical (unpaired) electrons. The second-order valence-corrected chi connectivity index (χ2v) is 4.63. The van der Waals surface area contributed by atoms with Crippen LogP contribution in [0.2, 0.25) is 0 Å². The molecule has 18 heavy (non-hydrogen) atoms. The first-order valence-electron chi connectivity index (χ1n) is 6.14.